The van der Waals surface area contributed by atoms with E-state index >= 15 is 0 Å². The zero-order valence-corrected chi connectivity index (χ0v) is 18.4. The average Bonchev–Trinajstić information content (AvgIpc) is 3.21. The molecule has 158 valence electrons. The van der Waals surface area contributed by atoms with E-state index in [0.717, 1.165) is 12.1 Å². The Hall–Kier alpha value is -2.69. The molecule has 8 nitrogen and oxygen atoms in total. The molecule has 1 N–H and O–H groups in total. The second-order valence-electron chi connectivity index (χ2n) is 6.51. The van der Waals surface area contributed by atoms with Gasteiger partial charge in [0.05, 0.1) is 10.6 Å². The molecule has 0 aliphatic rings. The van der Waals surface area contributed by atoms with Crippen LogP contribution < -0.4 is 5.32 Å². The number of rotatable bonds is 9. The van der Waals surface area contributed by atoms with Crippen LogP contribution in [-0.2, 0) is 27.9 Å². The Labute approximate surface area is 180 Å². The molecule has 0 saturated heterocycles. The topological polar surface area (TPSA) is 97.2 Å². The van der Waals surface area contributed by atoms with Gasteiger partial charge in [0, 0.05) is 25.8 Å². The van der Waals surface area contributed by atoms with E-state index in [4.69, 9.17) is 0 Å². The van der Waals surface area contributed by atoms with Crippen molar-refractivity contribution in [3.63, 3.8) is 0 Å². The fraction of sp³-hybridized carbons (Fsp3) is 0.250. The highest BCUT2D eigenvalue weighted by Gasteiger charge is 2.21. The van der Waals surface area contributed by atoms with E-state index in [2.05, 4.69) is 15.5 Å². The van der Waals surface area contributed by atoms with Gasteiger partial charge in [-0.05, 0) is 36.8 Å². The third-order valence-electron chi connectivity index (χ3n) is 4.35. The summed E-state index contributed by atoms with van der Waals surface area (Å²) in [6.07, 6.45) is 1.62. The number of hydrogen-bond donors (Lipinski definition) is 1. The van der Waals surface area contributed by atoms with Crippen molar-refractivity contribution in [3.05, 3.63) is 66.5 Å². The van der Waals surface area contributed by atoms with Gasteiger partial charge in [-0.3, -0.25) is 4.79 Å². The minimum absolute atomic E-state index is 0.171. The summed E-state index contributed by atoms with van der Waals surface area (Å²) >= 11 is 1.29. The van der Waals surface area contributed by atoms with E-state index in [1.807, 2.05) is 41.8 Å². The van der Waals surface area contributed by atoms with Gasteiger partial charge in [0.15, 0.2) is 5.16 Å². The molecule has 2 aromatic carbocycles. The number of carbonyl (C=O) groups is 1. The SMILES string of the molecule is CCn1cnnc1SCC(=O)Nc1ccc(S(=O)(=O)N(C)Cc2ccccc2)cc1. The summed E-state index contributed by atoms with van der Waals surface area (Å²) in [5, 5.41) is 11.2. The lowest BCUT2D eigenvalue weighted by atomic mass is 10.2. The molecule has 0 saturated carbocycles. The van der Waals surface area contributed by atoms with Crippen molar-refractivity contribution in [2.24, 2.45) is 0 Å². The highest BCUT2D eigenvalue weighted by molar-refractivity contribution is 7.99. The first kappa shape index (κ1) is 22.0. The van der Waals surface area contributed by atoms with Crippen LogP contribution >= 0.6 is 11.8 Å². The third kappa shape index (κ3) is 5.47. The molecule has 1 heterocycles. The first-order valence-electron chi connectivity index (χ1n) is 9.31. The Morgan fingerprint density at radius 1 is 1.13 bits per heavy atom. The lowest BCUT2D eigenvalue weighted by Gasteiger charge is -2.17. The Morgan fingerprint density at radius 2 is 1.83 bits per heavy atom. The van der Waals surface area contributed by atoms with Crippen molar-refractivity contribution < 1.29 is 13.2 Å². The number of carbonyl (C=O) groups excluding carboxylic acids is 1. The van der Waals surface area contributed by atoms with Gasteiger partial charge in [0.2, 0.25) is 15.9 Å². The van der Waals surface area contributed by atoms with Crippen LogP contribution in [0.4, 0.5) is 5.69 Å². The van der Waals surface area contributed by atoms with Crippen molar-refractivity contribution in [1.29, 1.82) is 0 Å². The Kier molecular flexibility index (Phi) is 7.24. The van der Waals surface area contributed by atoms with E-state index in [-0.39, 0.29) is 23.1 Å². The first-order valence-corrected chi connectivity index (χ1v) is 11.7. The number of nitrogens with zero attached hydrogens (tertiary/aromatic N) is 4. The number of thioether (sulfide) groups is 1. The number of benzene rings is 2. The van der Waals surface area contributed by atoms with E-state index in [9.17, 15) is 13.2 Å². The fourth-order valence-electron chi connectivity index (χ4n) is 2.72. The second-order valence-corrected chi connectivity index (χ2v) is 9.49. The van der Waals surface area contributed by atoms with Gasteiger partial charge in [-0.25, -0.2) is 8.42 Å². The molecule has 30 heavy (non-hydrogen) atoms. The van der Waals surface area contributed by atoms with Crippen LogP contribution in [-0.4, -0.2) is 46.2 Å². The summed E-state index contributed by atoms with van der Waals surface area (Å²) in [5.74, 6) is -0.0269. The smallest absolute Gasteiger partial charge is 0.243 e. The number of anilines is 1. The van der Waals surface area contributed by atoms with Crippen molar-refractivity contribution in [2.45, 2.75) is 30.1 Å². The Morgan fingerprint density at radius 3 is 2.50 bits per heavy atom. The lowest BCUT2D eigenvalue weighted by molar-refractivity contribution is -0.113. The molecule has 0 aliphatic heterocycles. The standard InChI is InChI=1S/C20H23N5O3S2/c1-3-25-15-21-23-20(25)29-14-19(26)22-17-9-11-18(12-10-17)30(27,28)24(2)13-16-7-5-4-6-8-16/h4-12,15H,3,13-14H2,1-2H3,(H,22,26). The molecule has 1 amide bonds. The van der Waals surface area contributed by atoms with E-state index in [1.165, 1.54) is 28.2 Å². The van der Waals surface area contributed by atoms with E-state index < -0.39 is 10.0 Å². The quantitative estimate of drug-likeness (QED) is 0.509. The molecular weight excluding hydrogens is 422 g/mol. The largest absolute Gasteiger partial charge is 0.325 e. The number of sulfonamides is 1. The molecule has 3 aromatic rings. The molecule has 0 spiro atoms. The number of nitrogens with one attached hydrogen (secondary N) is 1. The summed E-state index contributed by atoms with van der Waals surface area (Å²) in [6, 6.07) is 15.5. The van der Waals surface area contributed by atoms with E-state index in [0.29, 0.717) is 10.8 Å². The van der Waals surface area contributed by atoms with Gasteiger partial charge in [-0.2, -0.15) is 4.31 Å². The van der Waals surface area contributed by atoms with Gasteiger partial charge in [-0.1, -0.05) is 42.1 Å². The molecule has 0 fully saturated rings. The third-order valence-corrected chi connectivity index (χ3v) is 7.15. The highest BCUT2D eigenvalue weighted by Crippen LogP contribution is 2.20. The predicted molar refractivity (Wildman–Crippen MR) is 117 cm³/mol. The minimum Gasteiger partial charge on any atom is -0.325 e. The summed E-state index contributed by atoms with van der Waals surface area (Å²) < 4.78 is 28.7. The van der Waals surface area contributed by atoms with Gasteiger partial charge < -0.3 is 9.88 Å². The molecule has 0 unspecified atom stereocenters. The molecule has 0 bridgehead atoms. The van der Waals surface area contributed by atoms with E-state index in [1.54, 1.807) is 25.5 Å². The Balaban J connectivity index is 1.59. The maximum absolute atomic E-state index is 12.8. The van der Waals surface area contributed by atoms with Crippen molar-refractivity contribution in [1.82, 2.24) is 19.1 Å². The normalized spacial score (nSPS) is 11.6. The molecule has 10 heteroatoms. The highest BCUT2D eigenvalue weighted by atomic mass is 32.2. The van der Waals surface area contributed by atoms with Crippen LogP contribution in [0.15, 0.2) is 71.0 Å². The van der Waals surface area contributed by atoms with Crippen LogP contribution in [0.3, 0.4) is 0 Å². The van der Waals surface area contributed by atoms with Crippen LogP contribution in [0, 0.1) is 0 Å². The van der Waals surface area contributed by atoms with Crippen LogP contribution in [0.2, 0.25) is 0 Å². The molecule has 0 atom stereocenters. The predicted octanol–water partition coefficient (Wildman–Crippen LogP) is 2.85. The van der Waals surface area contributed by atoms with Crippen LogP contribution in [0.1, 0.15) is 12.5 Å². The first-order chi connectivity index (χ1) is 14.4. The van der Waals surface area contributed by atoms with Crippen LogP contribution in [0.5, 0.6) is 0 Å². The lowest BCUT2D eigenvalue weighted by Crippen LogP contribution is -2.26. The van der Waals surface area contributed by atoms with Crippen molar-refractivity contribution >= 4 is 33.4 Å². The molecule has 3 rings (SSSR count). The number of aryl methyl sites for hydroxylation is 1. The summed E-state index contributed by atoms with van der Waals surface area (Å²) in [6.45, 7) is 2.98. The summed E-state index contributed by atoms with van der Waals surface area (Å²) in [4.78, 5) is 12.4. The monoisotopic (exact) mass is 445 g/mol. The van der Waals surface area contributed by atoms with Gasteiger partial charge in [0.25, 0.3) is 0 Å². The Bertz CT molecular complexity index is 1080. The van der Waals surface area contributed by atoms with Gasteiger partial charge in [0.1, 0.15) is 6.33 Å². The van der Waals surface area contributed by atoms with Crippen LogP contribution in [0.25, 0.3) is 0 Å². The zero-order chi connectivity index (χ0) is 21.6. The van der Waals surface area contributed by atoms with Crippen molar-refractivity contribution in [3.8, 4) is 0 Å². The maximum atomic E-state index is 12.8. The number of amides is 1. The second kappa shape index (κ2) is 9.88. The molecular formula is C20H23N5O3S2. The molecule has 0 radical (unpaired) electrons. The van der Waals surface area contributed by atoms with Gasteiger partial charge in [-0.15, -0.1) is 10.2 Å². The summed E-state index contributed by atoms with van der Waals surface area (Å²) in [7, 11) is -2.09. The summed E-state index contributed by atoms with van der Waals surface area (Å²) in [5.41, 5.74) is 1.44. The average molecular weight is 446 g/mol. The fourth-order valence-corrected chi connectivity index (χ4v) is 4.65. The zero-order valence-electron chi connectivity index (χ0n) is 16.7. The molecule has 1 aromatic heterocycles. The maximum Gasteiger partial charge on any atom is 0.243 e. The number of aromatic nitrogens is 3. The minimum atomic E-state index is -3.63. The molecule has 0 aliphatic carbocycles. The number of hydrogen-bond acceptors (Lipinski definition) is 6. The van der Waals surface area contributed by atoms with Crippen molar-refractivity contribution in [2.75, 3.05) is 18.1 Å². The van der Waals surface area contributed by atoms with Gasteiger partial charge >= 0.3 is 0 Å².